The minimum Gasteiger partial charge on any atom is -0.461 e. The zero-order chi connectivity index (χ0) is 26.4. The van der Waals surface area contributed by atoms with Gasteiger partial charge in [0, 0.05) is 6.42 Å². The second-order valence-corrected chi connectivity index (χ2v) is 13.4. The molecule has 0 saturated heterocycles. The van der Waals surface area contributed by atoms with Crippen LogP contribution in [-0.2, 0) is 16.1 Å². The van der Waals surface area contributed by atoms with Crippen LogP contribution in [0.1, 0.15) is 91.0 Å². The maximum Gasteiger partial charge on any atom is 0.306 e. The van der Waals surface area contributed by atoms with Gasteiger partial charge in [-0.1, -0.05) is 57.2 Å². The van der Waals surface area contributed by atoms with E-state index in [1.165, 1.54) is 31.3 Å². The molecule has 8 unspecified atom stereocenters. The van der Waals surface area contributed by atoms with E-state index < -0.39 is 0 Å². The molecule has 4 fully saturated rings. The first-order valence-electron chi connectivity index (χ1n) is 14.9. The normalized spacial score (nSPS) is 43.0. The average molecular weight is 509 g/mol. The smallest absolute Gasteiger partial charge is 0.306 e. The molecule has 0 aliphatic heterocycles. The molecule has 1 aromatic carbocycles. The van der Waals surface area contributed by atoms with Gasteiger partial charge in [-0.15, -0.1) is 0 Å². The van der Waals surface area contributed by atoms with Crippen LogP contribution in [0.15, 0.2) is 42.0 Å². The maximum absolute atomic E-state index is 12.5. The number of carbonyl (C=O) groups is 1. The van der Waals surface area contributed by atoms with Gasteiger partial charge in [-0.25, -0.2) is 0 Å². The number of carbonyl (C=O) groups excluding carboxylic acids is 1. The van der Waals surface area contributed by atoms with Gasteiger partial charge in [-0.3, -0.25) is 4.79 Å². The van der Waals surface area contributed by atoms with Crippen molar-refractivity contribution in [3.63, 3.8) is 0 Å². The number of hydrogen-bond donors (Lipinski definition) is 2. The highest BCUT2D eigenvalue weighted by Gasteiger charge is 2.63. The molecule has 0 radical (unpaired) electrons. The Morgan fingerprint density at radius 3 is 2.49 bits per heavy atom. The van der Waals surface area contributed by atoms with E-state index in [0.29, 0.717) is 48.5 Å². The van der Waals surface area contributed by atoms with E-state index in [0.717, 1.165) is 31.2 Å². The summed E-state index contributed by atoms with van der Waals surface area (Å²) >= 11 is 0. The molecule has 204 valence electrons. The first kappa shape index (κ1) is 26.9. The molecule has 4 heteroatoms. The number of aliphatic hydroxyl groups is 2. The summed E-state index contributed by atoms with van der Waals surface area (Å²) in [6.45, 7) is 9.73. The molecular formula is C33H48O4. The maximum atomic E-state index is 12.5. The minimum atomic E-state index is -0.384. The Kier molecular flexibility index (Phi) is 7.64. The molecular weight excluding hydrogens is 460 g/mol. The van der Waals surface area contributed by atoms with E-state index in [9.17, 15) is 15.0 Å². The Morgan fingerprint density at radius 2 is 1.76 bits per heavy atom. The van der Waals surface area contributed by atoms with Gasteiger partial charge in [0.1, 0.15) is 6.61 Å². The van der Waals surface area contributed by atoms with Crippen molar-refractivity contribution < 1.29 is 19.7 Å². The number of esters is 1. The minimum absolute atomic E-state index is 0.0991. The van der Waals surface area contributed by atoms with Crippen LogP contribution in [0.5, 0.6) is 0 Å². The number of benzene rings is 1. The van der Waals surface area contributed by atoms with E-state index in [2.05, 4.69) is 33.8 Å². The molecule has 4 aliphatic carbocycles. The Labute approximate surface area is 223 Å². The van der Waals surface area contributed by atoms with E-state index in [-0.39, 0.29) is 29.0 Å². The predicted molar refractivity (Wildman–Crippen MR) is 146 cm³/mol. The number of hydrogen-bond acceptors (Lipinski definition) is 4. The van der Waals surface area contributed by atoms with Gasteiger partial charge in [-0.05, 0) is 116 Å². The highest BCUT2D eigenvalue weighted by Crippen LogP contribution is 2.69. The molecule has 10 atom stereocenters. The van der Waals surface area contributed by atoms with Gasteiger partial charge in [0.2, 0.25) is 0 Å². The van der Waals surface area contributed by atoms with Gasteiger partial charge in [-0.2, -0.15) is 0 Å². The van der Waals surface area contributed by atoms with Crippen LogP contribution < -0.4 is 0 Å². The van der Waals surface area contributed by atoms with Crippen LogP contribution in [0.25, 0.3) is 0 Å². The van der Waals surface area contributed by atoms with Crippen molar-refractivity contribution in [2.45, 2.75) is 104 Å². The third kappa shape index (κ3) is 4.71. The summed E-state index contributed by atoms with van der Waals surface area (Å²) in [4.78, 5) is 12.5. The van der Waals surface area contributed by atoms with Gasteiger partial charge >= 0.3 is 5.97 Å². The van der Waals surface area contributed by atoms with Gasteiger partial charge in [0.25, 0.3) is 0 Å². The lowest BCUT2D eigenvalue weighted by molar-refractivity contribution is -0.149. The molecule has 0 spiro atoms. The zero-order valence-corrected chi connectivity index (χ0v) is 23.4. The molecule has 0 aromatic heterocycles. The number of aliphatic hydroxyl groups excluding tert-OH is 2. The van der Waals surface area contributed by atoms with Crippen molar-refractivity contribution in [1.82, 2.24) is 0 Å². The fourth-order valence-corrected chi connectivity index (χ4v) is 9.81. The molecule has 4 aliphatic rings. The first-order valence-corrected chi connectivity index (χ1v) is 14.9. The molecule has 4 saturated carbocycles. The van der Waals surface area contributed by atoms with Gasteiger partial charge < -0.3 is 14.9 Å². The second kappa shape index (κ2) is 10.5. The molecule has 0 heterocycles. The summed E-state index contributed by atoms with van der Waals surface area (Å²) < 4.78 is 5.55. The predicted octanol–water partition coefficient (Wildman–Crippen LogP) is 6.69. The quantitative estimate of drug-likeness (QED) is 0.332. The van der Waals surface area contributed by atoms with Crippen LogP contribution in [0.3, 0.4) is 0 Å². The topological polar surface area (TPSA) is 66.8 Å². The standard InChI is InChI=1S/C33H48O4/c1-5-24-28-19-23(34)15-17-33(28,4)27-16-18-32(3)25(12-13-26(32)30(27)31(24)36)21(2)11-14-29(35)37-20-22-9-7-6-8-10-22/h5-10,21,23,25-28,30-31,34,36H,11-20H2,1-4H3/t21?,23?,25?,26?,27?,28?,30?,31?,32-,33-/m1/s1. The van der Waals surface area contributed by atoms with Crippen LogP contribution in [0, 0.1) is 46.3 Å². The molecule has 2 N–H and O–H groups in total. The van der Waals surface area contributed by atoms with Gasteiger partial charge in [0.05, 0.1) is 12.2 Å². The Balaban J connectivity index is 1.26. The van der Waals surface area contributed by atoms with E-state index >= 15 is 0 Å². The molecule has 0 bridgehead atoms. The number of rotatable bonds is 6. The fourth-order valence-electron chi connectivity index (χ4n) is 9.81. The summed E-state index contributed by atoms with van der Waals surface area (Å²) in [5, 5.41) is 22.3. The Hall–Kier alpha value is -1.65. The van der Waals surface area contributed by atoms with Crippen molar-refractivity contribution >= 4 is 5.97 Å². The summed E-state index contributed by atoms with van der Waals surface area (Å²) in [7, 11) is 0. The summed E-state index contributed by atoms with van der Waals surface area (Å²) in [6, 6.07) is 9.89. The highest BCUT2D eigenvalue weighted by molar-refractivity contribution is 5.69. The monoisotopic (exact) mass is 508 g/mol. The van der Waals surface area contributed by atoms with Crippen LogP contribution in [0.4, 0.5) is 0 Å². The zero-order valence-electron chi connectivity index (χ0n) is 23.4. The summed E-state index contributed by atoms with van der Waals surface area (Å²) in [6.07, 6.45) is 10.4. The molecule has 5 rings (SSSR count). The second-order valence-electron chi connectivity index (χ2n) is 13.4. The molecule has 1 aromatic rings. The average Bonchev–Trinajstić information content (AvgIpc) is 3.25. The van der Waals surface area contributed by atoms with E-state index in [1.54, 1.807) is 0 Å². The van der Waals surface area contributed by atoms with Crippen LogP contribution in [0.2, 0.25) is 0 Å². The fraction of sp³-hybridized carbons (Fsp3) is 0.727. The van der Waals surface area contributed by atoms with Crippen LogP contribution >= 0.6 is 0 Å². The van der Waals surface area contributed by atoms with Crippen LogP contribution in [-0.4, -0.2) is 28.4 Å². The summed E-state index contributed by atoms with van der Waals surface area (Å²) in [5.74, 6) is 2.63. The van der Waals surface area contributed by atoms with E-state index in [1.807, 2.05) is 30.3 Å². The third-order valence-electron chi connectivity index (χ3n) is 11.7. The van der Waals surface area contributed by atoms with Crippen molar-refractivity contribution in [3.8, 4) is 0 Å². The SMILES string of the molecule is CC=C1C(O)C2C3CCC(C(C)CCC(=O)OCc4ccccc4)[C@@]3(C)CCC2[C@@]2(C)CCC(O)CC12. The lowest BCUT2D eigenvalue weighted by Crippen LogP contribution is -2.59. The Morgan fingerprint density at radius 1 is 1.05 bits per heavy atom. The number of ether oxygens (including phenoxy) is 1. The van der Waals surface area contributed by atoms with Gasteiger partial charge in [0.15, 0.2) is 0 Å². The van der Waals surface area contributed by atoms with Crippen molar-refractivity contribution in [3.05, 3.63) is 47.5 Å². The highest BCUT2D eigenvalue weighted by atomic mass is 16.5. The first-order chi connectivity index (χ1) is 17.7. The lowest BCUT2D eigenvalue weighted by atomic mass is 9.42. The van der Waals surface area contributed by atoms with Crippen molar-refractivity contribution in [1.29, 1.82) is 0 Å². The Bertz CT molecular complexity index is 987. The van der Waals surface area contributed by atoms with E-state index in [4.69, 9.17) is 4.74 Å². The number of allylic oxidation sites excluding steroid dienone is 1. The van der Waals surface area contributed by atoms with Crippen molar-refractivity contribution in [2.24, 2.45) is 46.3 Å². The lowest BCUT2D eigenvalue weighted by Gasteiger charge is -2.63. The third-order valence-corrected chi connectivity index (χ3v) is 11.7. The molecule has 0 amide bonds. The largest absolute Gasteiger partial charge is 0.461 e. The number of fused-ring (bicyclic) bond motifs is 5. The van der Waals surface area contributed by atoms with Crippen molar-refractivity contribution in [2.75, 3.05) is 0 Å². The molecule has 37 heavy (non-hydrogen) atoms. The molecule has 4 nitrogen and oxygen atoms in total. The summed E-state index contributed by atoms with van der Waals surface area (Å²) in [5.41, 5.74) is 2.62.